The molecule has 3 aromatic rings. The van der Waals surface area contributed by atoms with Gasteiger partial charge >= 0.3 is 0 Å². The van der Waals surface area contributed by atoms with Gasteiger partial charge in [-0.05, 0) is 36.6 Å². The maximum absolute atomic E-state index is 12.9. The number of amides is 1. The van der Waals surface area contributed by atoms with Crippen molar-refractivity contribution in [2.75, 3.05) is 6.54 Å². The van der Waals surface area contributed by atoms with E-state index in [0.717, 1.165) is 30.6 Å². The molecule has 1 atom stereocenters. The molecule has 0 aliphatic carbocycles. The third-order valence-electron chi connectivity index (χ3n) is 4.92. The standard InChI is InChI=1S/C20H21N3O/c1-22-14-15(16-7-2-3-9-18(16)22)13-20(24)23-12-6-10-19(23)17-8-4-5-11-21-17/h2-5,7-9,11,14,19H,6,10,12-13H2,1H3/t19-/m0/s1. The van der Waals surface area contributed by atoms with Crippen LogP contribution in [0.4, 0.5) is 0 Å². The highest BCUT2D eigenvalue weighted by Crippen LogP contribution is 2.31. The quantitative estimate of drug-likeness (QED) is 0.741. The lowest BCUT2D eigenvalue weighted by Crippen LogP contribution is -2.32. The van der Waals surface area contributed by atoms with E-state index in [0.29, 0.717) is 6.42 Å². The molecule has 0 unspecified atom stereocenters. The average Bonchev–Trinajstić information content (AvgIpc) is 3.22. The third kappa shape index (κ3) is 2.58. The van der Waals surface area contributed by atoms with Crippen LogP contribution in [0.5, 0.6) is 0 Å². The molecular formula is C20H21N3O. The Kier molecular flexibility index (Phi) is 3.81. The second-order valence-corrected chi connectivity index (χ2v) is 6.46. The van der Waals surface area contributed by atoms with Crippen molar-refractivity contribution in [3.63, 3.8) is 0 Å². The van der Waals surface area contributed by atoms with Crippen LogP contribution in [-0.2, 0) is 18.3 Å². The monoisotopic (exact) mass is 319 g/mol. The molecular weight excluding hydrogens is 298 g/mol. The van der Waals surface area contributed by atoms with Gasteiger partial charge in [-0.25, -0.2) is 0 Å². The Morgan fingerprint density at radius 2 is 2.04 bits per heavy atom. The minimum absolute atomic E-state index is 0.119. The molecule has 0 bridgehead atoms. The van der Waals surface area contributed by atoms with Crippen molar-refractivity contribution >= 4 is 16.8 Å². The van der Waals surface area contributed by atoms with Crippen LogP contribution in [0.25, 0.3) is 10.9 Å². The summed E-state index contributed by atoms with van der Waals surface area (Å²) in [6, 6.07) is 14.3. The van der Waals surface area contributed by atoms with Gasteiger partial charge in [-0.3, -0.25) is 9.78 Å². The maximum Gasteiger partial charge on any atom is 0.227 e. The summed E-state index contributed by atoms with van der Waals surface area (Å²) in [7, 11) is 2.03. The first kappa shape index (κ1) is 14.9. The van der Waals surface area contributed by atoms with Gasteiger partial charge in [-0.1, -0.05) is 24.3 Å². The van der Waals surface area contributed by atoms with Crippen LogP contribution < -0.4 is 0 Å². The Morgan fingerprint density at radius 1 is 1.21 bits per heavy atom. The Morgan fingerprint density at radius 3 is 2.88 bits per heavy atom. The van der Waals surface area contributed by atoms with Gasteiger partial charge in [0.15, 0.2) is 0 Å². The molecule has 1 fully saturated rings. The fourth-order valence-corrected chi connectivity index (χ4v) is 3.78. The number of para-hydroxylation sites is 1. The molecule has 1 amide bonds. The zero-order valence-electron chi connectivity index (χ0n) is 13.9. The highest BCUT2D eigenvalue weighted by atomic mass is 16.2. The number of hydrogen-bond acceptors (Lipinski definition) is 2. The largest absolute Gasteiger partial charge is 0.350 e. The normalized spacial score (nSPS) is 17.5. The zero-order valence-corrected chi connectivity index (χ0v) is 13.9. The number of benzene rings is 1. The van der Waals surface area contributed by atoms with Gasteiger partial charge in [0, 0.05) is 36.9 Å². The van der Waals surface area contributed by atoms with E-state index < -0.39 is 0 Å². The van der Waals surface area contributed by atoms with Crippen molar-refractivity contribution in [1.29, 1.82) is 0 Å². The lowest BCUT2D eigenvalue weighted by Gasteiger charge is -2.24. The Hall–Kier alpha value is -2.62. The minimum atomic E-state index is 0.119. The first-order valence-corrected chi connectivity index (χ1v) is 8.47. The number of carbonyl (C=O) groups excluding carboxylic acids is 1. The van der Waals surface area contributed by atoms with Crippen LogP contribution in [-0.4, -0.2) is 26.9 Å². The first-order valence-electron chi connectivity index (χ1n) is 8.47. The van der Waals surface area contributed by atoms with Gasteiger partial charge in [-0.15, -0.1) is 0 Å². The fraction of sp³-hybridized carbons (Fsp3) is 0.300. The molecule has 122 valence electrons. The number of fused-ring (bicyclic) bond motifs is 1. The molecule has 1 saturated heterocycles. The summed E-state index contributed by atoms with van der Waals surface area (Å²) in [6.07, 6.45) is 6.38. The Bertz CT molecular complexity index is 869. The number of likely N-dealkylation sites (tertiary alicyclic amines) is 1. The zero-order chi connectivity index (χ0) is 16.5. The van der Waals surface area contributed by atoms with Crippen molar-refractivity contribution < 1.29 is 4.79 Å². The summed E-state index contributed by atoms with van der Waals surface area (Å²) >= 11 is 0. The SMILES string of the molecule is Cn1cc(CC(=O)N2CCC[C@H]2c2ccccn2)c2ccccc21. The number of nitrogens with zero attached hydrogens (tertiary/aromatic N) is 3. The van der Waals surface area contributed by atoms with E-state index in [1.807, 2.05) is 42.3 Å². The van der Waals surface area contributed by atoms with Crippen LogP contribution in [0.15, 0.2) is 54.9 Å². The molecule has 24 heavy (non-hydrogen) atoms. The molecule has 2 aromatic heterocycles. The first-order chi connectivity index (χ1) is 11.7. The van der Waals surface area contributed by atoms with Crippen molar-refractivity contribution in [1.82, 2.24) is 14.5 Å². The van der Waals surface area contributed by atoms with Crippen LogP contribution in [0, 0.1) is 0 Å². The van der Waals surface area contributed by atoms with Crippen LogP contribution in [0.3, 0.4) is 0 Å². The van der Waals surface area contributed by atoms with Gasteiger partial charge in [0.2, 0.25) is 5.91 Å². The van der Waals surface area contributed by atoms with Crippen molar-refractivity contribution in [2.45, 2.75) is 25.3 Å². The lowest BCUT2D eigenvalue weighted by molar-refractivity contribution is -0.131. The summed E-state index contributed by atoms with van der Waals surface area (Å²) in [5.41, 5.74) is 3.27. The van der Waals surface area contributed by atoms with E-state index in [9.17, 15) is 4.79 Å². The summed E-state index contributed by atoms with van der Waals surface area (Å²) < 4.78 is 2.10. The van der Waals surface area contributed by atoms with Crippen molar-refractivity contribution in [3.05, 3.63) is 66.1 Å². The minimum Gasteiger partial charge on any atom is -0.350 e. The van der Waals surface area contributed by atoms with E-state index in [1.54, 1.807) is 6.20 Å². The molecule has 4 nitrogen and oxygen atoms in total. The summed E-state index contributed by atoms with van der Waals surface area (Å²) in [4.78, 5) is 19.4. The van der Waals surface area contributed by atoms with Crippen LogP contribution >= 0.6 is 0 Å². The number of aryl methyl sites for hydroxylation is 1. The van der Waals surface area contributed by atoms with Crippen LogP contribution in [0.2, 0.25) is 0 Å². The van der Waals surface area contributed by atoms with E-state index in [1.165, 1.54) is 10.9 Å². The predicted molar refractivity (Wildman–Crippen MR) is 94.5 cm³/mol. The van der Waals surface area contributed by atoms with Gasteiger partial charge < -0.3 is 9.47 Å². The molecule has 0 spiro atoms. The fourth-order valence-electron chi connectivity index (χ4n) is 3.78. The molecule has 3 heterocycles. The molecule has 0 radical (unpaired) electrons. The third-order valence-corrected chi connectivity index (χ3v) is 4.92. The second-order valence-electron chi connectivity index (χ2n) is 6.46. The van der Waals surface area contributed by atoms with Crippen LogP contribution in [0.1, 0.15) is 30.1 Å². The number of pyridine rings is 1. The molecule has 4 rings (SSSR count). The molecule has 1 aliphatic rings. The Balaban J connectivity index is 1.59. The van der Waals surface area contributed by atoms with E-state index in [4.69, 9.17) is 0 Å². The number of hydrogen-bond donors (Lipinski definition) is 0. The highest BCUT2D eigenvalue weighted by molar-refractivity contribution is 5.89. The molecule has 1 aromatic carbocycles. The summed E-state index contributed by atoms with van der Waals surface area (Å²) in [6.45, 7) is 0.824. The lowest BCUT2D eigenvalue weighted by atomic mass is 10.1. The number of aromatic nitrogens is 2. The maximum atomic E-state index is 12.9. The summed E-state index contributed by atoms with van der Waals surface area (Å²) in [5, 5.41) is 1.17. The van der Waals surface area contributed by atoms with Gasteiger partial charge in [0.25, 0.3) is 0 Å². The molecule has 0 N–H and O–H groups in total. The number of rotatable bonds is 3. The molecule has 1 aliphatic heterocycles. The average molecular weight is 319 g/mol. The van der Waals surface area contributed by atoms with Crippen molar-refractivity contribution in [2.24, 2.45) is 7.05 Å². The summed E-state index contributed by atoms with van der Waals surface area (Å²) in [5.74, 6) is 0.194. The van der Waals surface area contributed by atoms with E-state index >= 15 is 0 Å². The Labute approximate surface area is 141 Å². The predicted octanol–water partition coefficient (Wildman–Crippen LogP) is 3.48. The topological polar surface area (TPSA) is 38.1 Å². The smallest absolute Gasteiger partial charge is 0.227 e. The van der Waals surface area contributed by atoms with Crippen molar-refractivity contribution in [3.8, 4) is 0 Å². The molecule has 0 saturated carbocycles. The second kappa shape index (κ2) is 6.11. The van der Waals surface area contributed by atoms with E-state index in [2.05, 4.69) is 27.9 Å². The van der Waals surface area contributed by atoms with Gasteiger partial charge in [0.05, 0.1) is 18.2 Å². The number of carbonyl (C=O) groups is 1. The van der Waals surface area contributed by atoms with Gasteiger partial charge in [0.1, 0.15) is 0 Å². The highest BCUT2D eigenvalue weighted by Gasteiger charge is 2.30. The van der Waals surface area contributed by atoms with E-state index in [-0.39, 0.29) is 11.9 Å². The molecule has 4 heteroatoms. The van der Waals surface area contributed by atoms with Gasteiger partial charge in [-0.2, -0.15) is 0 Å².